The number of nitrogens with zero attached hydrogens (tertiary/aromatic N) is 1. The van der Waals surface area contributed by atoms with E-state index >= 15 is 0 Å². The second-order valence-corrected chi connectivity index (χ2v) is 13.3. The van der Waals surface area contributed by atoms with Crippen molar-refractivity contribution in [2.45, 2.75) is 63.8 Å². The van der Waals surface area contributed by atoms with Gasteiger partial charge >= 0.3 is 0 Å². The number of hydrogen-bond donors (Lipinski definition) is 1. The summed E-state index contributed by atoms with van der Waals surface area (Å²) >= 11 is 7.24. The maximum absolute atomic E-state index is 13.8. The molecular weight excluding hydrogens is 530 g/mol. The molecule has 0 spiro atoms. The molecule has 2 heterocycles. The van der Waals surface area contributed by atoms with E-state index < -0.39 is 0 Å². The molecule has 1 amide bonds. The zero-order valence-electron chi connectivity index (χ0n) is 22.7. The number of aliphatic hydroxyl groups excluding tert-OH is 1. The largest absolute Gasteiger partial charge is 0.497 e. The van der Waals surface area contributed by atoms with Gasteiger partial charge in [-0.2, -0.15) is 0 Å². The molecule has 4 saturated carbocycles. The highest BCUT2D eigenvalue weighted by molar-refractivity contribution is 8.26. The summed E-state index contributed by atoms with van der Waals surface area (Å²) in [4.78, 5) is 16.5. The molecule has 2 aromatic rings. The van der Waals surface area contributed by atoms with E-state index in [1.54, 1.807) is 14.2 Å². The zero-order chi connectivity index (χ0) is 27.1. The van der Waals surface area contributed by atoms with E-state index in [2.05, 4.69) is 6.07 Å². The lowest BCUT2D eigenvalue weighted by Crippen LogP contribution is -2.57. The number of unbranched alkanes of at least 4 members (excludes halogenated alkanes) is 2. The Bertz CT molecular complexity index is 1230. The second kappa shape index (κ2) is 11.3. The highest BCUT2D eigenvalue weighted by Gasteiger charge is 2.53. The maximum atomic E-state index is 13.8. The molecule has 1 saturated heterocycles. The Morgan fingerprint density at radius 3 is 2.28 bits per heavy atom. The minimum Gasteiger partial charge on any atom is -0.497 e. The third-order valence-corrected chi connectivity index (χ3v) is 10.5. The van der Waals surface area contributed by atoms with Gasteiger partial charge in [-0.05, 0) is 98.8 Å². The number of aliphatic hydroxyl groups is 1. The zero-order valence-corrected chi connectivity index (χ0v) is 24.3. The lowest BCUT2D eigenvalue weighted by atomic mass is 9.54. The summed E-state index contributed by atoms with van der Waals surface area (Å²) < 4.78 is 18.0. The van der Waals surface area contributed by atoms with E-state index in [4.69, 9.17) is 26.1 Å². The number of benzene rings is 1. The van der Waals surface area contributed by atoms with Crippen LogP contribution in [-0.4, -0.2) is 47.1 Å². The summed E-state index contributed by atoms with van der Waals surface area (Å²) in [5.41, 5.74) is 1.90. The van der Waals surface area contributed by atoms with Crippen LogP contribution in [0.25, 0.3) is 17.4 Å². The SMILES string of the molecule is COc1cc(OC)cc(-c2cc(CCCCCO)c(C=C3SC(=S)N(C4C5CC6CC(C5)CC4C6)C3=O)o2)c1. The number of aryl methyl sites for hydroxylation is 1. The number of methoxy groups -OCH3 is 2. The Kier molecular flexibility index (Phi) is 7.79. The molecule has 4 aliphatic carbocycles. The fraction of sp³-hybridized carbons (Fsp3) is 0.548. The van der Waals surface area contributed by atoms with Crippen LogP contribution >= 0.6 is 24.0 Å². The van der Waals surface area contributed by atoms with Gasteiger partial charge in [-0.3, -0.25) is 9.69 Å². The Labute approximate surface area is 240 Å². The van der Waals surface area contributed by atoms with E-state index in [-0.39, 0.29) is 18.6 Å². The van der Waals surface area contributed by atoms with Gasteiger partial charge in [-0.1, -0.05) is 30.4 Å². The first-order valence-corrected chi connectivity index (χ1v) is 15.4. The predicted molar refractivity (Wildman–Crippen MR) is 158 cm³/mol. The molecule has 0 radical (unpaired) electrons. The van der Waals surface area contributed by atoms with Gasteiger partial charge < -0.3 is 19.0 Å². The summed E-state index contributed by atoms with van der Waals surface area (Å²) in [5, 5.41) is 9.21. The number of amides is 1. The van der Waals surface area contributed by atoms with Crippen molar-refractivity contribution in [3.63, 3.8) is 0 Å². The molecule has 0 unspecified atom stereocenters. The van der Waals surface area contributed by atoms with Crippen molar-refractivity contribution in [3.8, 4) is 22.8 Å². The molecule has 1 aromatic heterocycles. The van der Waals surface area contributed by atoms with Crippen LogP contribution < -0.4 is 9.47 Å². The lowest BCUT2D eigenvalue weighted by molar-refractivity contribution is -0.130. The first-order valence-electron chi connectivity index (χ1n) is 14.2. The molecule has 7 rings (SSSR count). The third kappa shape index (κ3) is 5.27. The minimum atomic E-state index is 0.0368. The van der Waals surface area contributed by atoms with E-state index in [0.29, 0.717) is 44.1 Å². The van der Waals surface area contributed by atoms with Crippen LogP contribution in [-0.2, 0) is 11.2 Å². The molecule has 5 fully saturated rings. The Morgan fingerprint density at radius 1 is 1.00 bits per heavy atom. The lowest BCUT2D eigenvalue weighted by Gasteiger charge is -2.56. The van der Waals surface area contributed by atoms with Crippen LogP contribution in [0.5, 0.6) is 11.5 Å². The van der Waals surface area contributed by atoms with Gasteiger partial charge in [0.05, 0.1) is 19.1 Å². The van der Waals surface area contributed by atoms with Crippen LogP contribution in [0.2, 0.25) is 0 Å². The number of thioether (sulfide) groups is 1. The Morgan fingerprint density at radius 2 is 1.67 bits per heavy atom. The van der Waals surface area contributed by atoms with Gasteiger partial charge in [-0.15, -0.1) is 0 Å². The average Bonchev–Trinajstić information content (AvgIpc) is 3.45. The number of thiocarbonyl (C=S) groups is 1. The van der Waals surface area contributed by atoms with Crippen molar-refractivity contribution < 1.29 is 23.8 Å². The summed E-state index contributed by atoms with van der Waals surface area (Å²) in [6.07, 6.45) is 11.7. The van der Waals surface area contributed by atoms with Gasteiger partial charge in [-0.25, -0.2) is 0 Å². The van der Waals surface area contributed by atoms with Crippen LogP contribution in [0.1, 0.15) is 62.7 Å². The number of carbonyl (C=O) groups excluding carboxylic acids is 1. The molecule has 39 heavy (non-hydrogen) atoms. The molecule has 4 bridgehead atoms. The molecule has 1 aromatic carbocycles. The summed E-state index contributed by atoms with van der Waals surface area (Å²) in [7, 11) is 3.26. The van der Waals surface area contributed by atoms with E-state index in [1.807, 2.05) is 29.2 Å². The highest BCUT2D eigenvalue weighted by Crippen LogP contribution is 2.56. The van der Waals surface area contributed by atoms with Crippen molar-refractivity contribution in [2.24, 2.45) is 23.7 Å². The van der Waals surface area contributed by atoms with Crippen LogP contribution in [0.3, 0.4) is 0 Å². The maximum Gasteiger partial charge on any atom is 0.266 e. The Balaban J connectivity index is 1.30. The van der Waals surface area contributed by atoms with Crippen LogP contribution in [0.15, 0.2) is 33.6 Å². The van der Waals surface area contributed by atoms with E-state index in [0.717, 1.165) is 48.6 Å². The van der Waals surface area contributed by atoms with Gasteiger partial charge in [0.1, 0.15) is 27.3 Å². The van der Waals surface area contributed by atoms with E-state index in [9.17, 15) is 9.90 Å². The van der Waals surface area contributed by atoms with Crippen LogP contribution in [0.4, 0.5) is 0 Å². The van der Waals surface area contributed by atoms with Gasteiger partial charge in [0, 0.05) is 30.4 Å². The first-order chi connectivity index (χ1) is 19.0. The topological polar surface area (TPSA) is 72.1 Å². The van der Waals surface area contributed by atoms with Crippen LogP contribution in [0, 0.1) is 23.7 Å². The first kappa shape index (κ1) is 26.9. The number of furan rings is 1. The number of ether oxygens (including phenoxy) is 2. The van der Waals surface area contributed by atoms with Crippen molar-refractivity contribution in [1.82, 2.24) is 4.90 Å². The molecule has 8 heteroatoms. The van der Waals surface area contributed by atoms with Crippen molar-refractivity contribution in [1.29, 1.82) is 0 Å². The highest BCUT2D eigenvalue weighted by atomic mass is 32.2. The summed E-state index contributed by atoms with van der Waals surface area (Å²) in [5.74, 6) is 5.67. The normalized spacial score (nSPS) is 28.6. The molecule has 208 valence electrons. The number of hydrogen-bond acceptors (Lipinski definition) is 7. The number of rotatable bonds is 10. The van der Waals surface area contributed by atoms with Gasteiger partial charge in [0.2, 0.25) is 0 Å². The molecule has 0 atom stereocenters. The average molecular weight is 568 g/mol. The van der Waals surface area contributed by atoms with Crippen molar-refractivity contribution in [2.75, 3.05) is 20.8 Å². The molecule has 1 aliphatic heterocycles. The minimum absolute atomic E-state index is 0.0368. The summed E-state index contributed by atoms with van der Waals surface area (Å²) in [6.45, 7) is 0.195. The van der Waals surface area contributed by atoms with Crippen molar-refractivity contribution in [3.05, 3.63) is 40.5 Å². The second-order valence-electron chi connectivity index (χ2n) is 11.6. The standard InChI is InChI=1S/C31H37NO5S2/c1-35-24-13-21(14-25(16-24)36-2)26-15-20(6-4-3-5-7-33)27(37-26)17-28-30(34)32(31(38)39-28)29-22-9-18-8-19(11-22)12-23(29)10-18/h13-19,22-23,29,33H,3-12H2,1-2H3. The fourth-order valence-corrected chi connectivity index (χ4v) is 8.95. The summed E-state index contributed by atoms with van der Waals surface area (Å²) in [6, 6.07) is 7.99. The predicted octanol–water partition coefficient (Wildman–Crippen LogP) is 6.69. The number of carbonyl (C=O) groups is 1. The quantitative estimate of drug-likeness (QED) is 0.195. The third-order valence-electron chi connectivity index (χ3n) is 9.14. The monoisotopic (exact) mass is 567 g/mol. The fourth-order valence-electron chi connectivity index (χ4n) is 7.63. The van der Waals surface area contributed by atoms with Gasteiger partial charge in [0.25, 0.3) is 5.91 Å². The molecule has 5 aliphatic rings. The van der Waals surface area contributed by atoms with E-state index in [1.165, 1.54) is 43.9 Å². The smallest absolute Gasteiger partial charge is 0.266 e. The molecule has 6 nitrogen and oxygen atoms in total. The molecule has 1 N–H and O–H groups in total. The molecular formula is C31H37NO5S2. The van der Waals surface area contributed by atoms with Crippen molar-refractivity contribution >= 4 is 40.3 Å². The Hall–Kier alpha value is -2.29. The van der Waals surface area contributed by atoms with Gasteiger partial charge in [0.15, 0.2) is 0 Å².